The van der Waals surface area contributed by atoms with Gasteiger partial charge < -0.3 is 10.2 Å². The molecule has 0 bridgehead atoms. The molecule has 1 heterocycles. The first kappa shape index (κ1) is 18.8. The minimum Gasteiger partial charge on any atom is -0.354 e. The topological polar surface area (TPSA) is 86.8 Å². The Morgan fingerprint density at radius 2 is 1.77 bits per heavy atom. The summed E-state index contributed by atoms with van der Waals surface area (Å²) in [4.78, 5) is 26.4. The van der Waals surface area contributed by atoms with E-state index in [1.807, 2.05) is 0 Å². The predicted octanol–water partition coefficient (Wildman–Crippen LogP) is 0.826. The normalized spacial score (nSPS) is 20.9. The monoisotopic (exact) mass is 379 g/mol. The lowest BCUT2D eigenvalue weighted by Gasteiger charge is -2.24. The number of amides is 2. The second kappa shape index (κ2) is 8.18. The molecule has 0 atom stereocenters. The third-order valence-corrected chi connectivity index (χ3v) is 6.66. The van der Waals surface area contributed by atoms with Gasteiger partial charge in [-0.1, -0.05) is 18.2 Å². The van der Waals surface area contributed by atoms with E-state index < -0.39 is 10.0 Å². The smallest absolute Gasteiger partial charge is 0.243 e. The van der Waals surface area contributed by atoms with E-state index in [1.54, 1.807) is 35.2 Å². The molecule has 1 aromatic carbocycles. The fourth-order valence-electron chi connectivity index (χ4n) is 3.10. The van der Waals surface area contributed by atoms with Gasteiger partial charge in [0.25, 0.3) is 0 Å². The maximum Gasteiger partial charge on any atom is 0.243 e. The highest BCUT2D eigenvalue weighted by atomic mass is 32.2. The Labute approximate surface area is 154 Å². The van der Waals surface area contributed by atoms with Crippen molar-refractivity contribution in [1.82, 2.24) is 14.5 Å². The molecule has 2 fully saturated rings. The minimum atomic E-state index is -3.66. The number of rotatable bonds is 3. The molecule has 0 spiro atoms. The fourth-order valence-corrected chi connectivity index (χ4v) is 4.60. The van der Waals surface area contributed by atoms with Crippen molar-refractivity contribution < 1.29 is 18.0 Å². The first-order valence-corrected chi connectivity index (χ1v) is 10.5. The maximum atomic E-state index is 12.9. The Kier molecular flexibility index (Phi) is 5.93. The van der Waals surface area contributed by atoms with Gasteiger partial charge in [-0.05, 0) is 31.4 Å². The van der Waals surface area contributed by atoms with Crippen LogP contribution in [0, 0.1) is 5.92 Å². The fraction of sp³-hybridized carbons (Fsp3) is 0.556. The van der Waals surface area contributed by atoms with E-state index in [2.05, 4.69) is 5.32 Å². The van der Waals surface area contributed by atoms with Crippen molar-refractivity contribution in [3.8, 4) is 0 Å². The van der Waals surface area contributed by atoms with Gasteiger partial charge in [0, 0.05) is 45.1 Å². The van der Waals surface area contributed by atoms with Crippen LogP contribution in [0.3, 0.4) is 0 Å². The lowest BCUT2D eigenvalue weighted by molar-refractivity contribution is -0.133. The first-order valence-electron chi connectivity index (χ1n) is 9.09. The van der Waals surface area contributed by atoms with E-state index >= 15 is 0 Å². The van der Waals surface area contributed by atoms with E-state index in [0.717, 1.165) is 12.8 Å². The molecule has 1 saturated heterocycles. The van der Waals surface area contributed by atoms with Crippen LogP contribution in [0.1, 0.15) is 25.7 Å². The van der Waals surface area contributed by atoms with Crippen molar-refractivity contribution in [1.29, 1.82) is 0 Å². The molecule has 26 heavy (non-hydrogen) atoms. The summed E-state index contributed by atoms with van der Waals surface area (Å²) in [6, 6.07) is 8.25. The Morgan fingerprint density at radius 3 is 2.46 bits per heavy atom. The molecule has 3 rings (SSSR count). The van der Waals surface area contributed by atoms with Crippen LogP contribution < -0.4 is 5.32 Å². The number of nitrogens with one attached hydrogen (secondary N) is 1. The third-order valence-electron chi connectivity index (χ3n) is 4.75. The van der Waals surface area contributed by atoms with Gasteiger partial charge >= 0.3 is 0 Å². The van der Waals surface area contributed by atoms with Crippen molar-refractivity contribution >= 4 is 21.8 Å². The number of nitrogens with zero attached hydrogens (tertiary/aromatic N) is 2. The predicted molar refractivity (Wildman–Crippen MR) is 96.7 cm³/mol. The lowest BCUT2D eigenvalue weighted by atomic mass is 10.3. The van der Waals surface area contributed by atoms with Gasteiger partial charge in [-0.15, -0.1) is 0 Å². The van der Waals surface area contributed by atoms with Crippen molar-refractivity contribution in [2.75, 3.05) is 32.7 Å². The average molecular weight is 379 g/mol. The summed E-state index contributed by atoms with van der Waals surface area (Å²) in [5.41, 5.74) is 0. The Hall–Kier alpha value is -1.93. The zero-order valence-electron chi connectivity index (χ0n) is 14.8. The minimum absolute atomic E-state index is 0.111. The van der Waals surface area contributed by atoms with Crippen LogP contribution in [-0.2, 0) is 19.6 Å². The summed E-state index contributed by atoms with van der Waals surface area (Å²) in [6.45, 7) is 1.82. The number of carbonyl (C=O) groups is 2. The number of carbonyl (C=O) groups excluding carboxylic acids is 2. The van der Waals surface area contributed by atoms with E-state index in [4.69, 9.17) is 0 Å². The van der Waals surface area contributed by atoms with Crippen molar-refractivity contribution in [2.45, 2.75) is 30.6 Å². The standard InChI is InChI=1S/C18H25N3O4S/c22-17-9-13-21(26(24,25)16-5-2-1-3-6-16)12-4-11-20(14-10-19-17)18(23)15-7-8-15/h1-3,5-6,15H,4,7-14H2,(H,19,22). The summed E-state index contributed by atoms with van der Waals surface area (Å²) in [5, 5.41) is 2.78. The van der Waals surface area contributed by atoms with Gasteiger partial charge in [0.2, 0.25) is 21.8 Å². The van der Waals surface area contributed by atoms with Gasteiger partial charge in [-0.3, -0.25) is 9.59 Å². The van der Waals surface area contributed by atoms with Gasteiger partial charge in [0.05, 0.1) is 4.90 Å². The molecule has 0 aromatic heterocycles. The second-order valence-electron chi connectivity index (χ2n) is 6.77. The van der Waals surface area contributed by atoms with Crippen LogP contribution in [0.2, 0.25) is 0 Å². The van der Waals surface area contributed by atoms with Gasteiger partial charge in [0.1, 0.15) is 0 Å². The first-order chi connectivity index (χ1) is 12.5. The van der Waals surface area contributed by atoms with Crippen LogP contribution >= 0.6 is 0 Å². The number of hydrogen-bond donors (Lipinski definition) is 1. The number of sulfonamides is 1. The molecular weight excluding hydrogens is 354 g/mol. The van der Waals surface area contributed by atoms with E-state index in [-0.39, 0.29) is 35.6 Å². The molecule has 8 heteroatoms. The molecule has 2 amide bonds. The molecule has 7 nitrogen and oxygen atoms in total. The zero-order valence-corrected chi connectivity index (χ0v) is 15.6. The Balaban J connectivity index is 1.74. The number of hydrogen-bond acceptors (Lipinski definition) is 4. The van der Waals surface area contributed by atoms with Gasteiger partial charge in [-0.2, -0.15) is 4.31 Å². The molecule has 1 aromatic rings. The van der Waals surface area contributed by atoms with E-state index in [1.165, 1.54) is 4.31 Å². The Morgan fingerprint density at radius 1 is 1.04 bits per heavy atom. The lowest BCUT2D eigenvalue weighted by Crippen LogP contribution is -2.39. The molecule has 1 aliphatic carbocycles. The molecule has 2 aliphatic rings. The summed E-state index contributed by atoms with van der Waals surface area (Å²) >= 11 is 0. The summed E-state index contributed by atoms with van der Waals surface area (Å²) < 4.78 is 27.1. The van der Waals surface area contributed by atoms with Crippen molar-refractivity contribution in [2.24, 2.45) is 5.92 Å². The molecule has 1 N–H and O–H groups in total. The zero-order chi connectivity index (χ0) is 18.6. The molecular formula is C18H25N3O4S. The van der Waals surface area contributed by atoms with E-state index in [0.29, 0.717) is 32.6 Å². The summed E-state index contributed by atoms with van der Waals surface area (Å²) in [5.74, 6) is 0.0370. The third kappa shape index (κ3) is 4.62. The Bertz CT molecular complexity index is 747. The molecule has 142 valence electrons. The highest BCUT2D eigenvalue weighted by Gasteiger charge is 2.33. The largest absolute Gasteiger partial charge is 0.354 e. The summed E-state index contributed by atoms with van der Waals surface area (Å²) in [6.07, 6.45) is 2.52. The number of benzene rings is 1. The van der Waals surface area contributed by atoms with Crippen LogP contribution in [0.5, 0.6) is 0 Å². The quantitative estimate of drug-likeness (QED) is 0.843. The van der Waals surface area contributed by atoms with Crippen molar-refractivity contribution in [3.63, 3.8) is 0 Å². The molecule has 1 saturated carbocycles. The van der Waals surface area contributed by atoms with Crippen LogP contribution in [0.4, 0.5) is 0 Å². The van der Waals surface area contributed by atoms with Crippen LogP contribution in [-0.4, -0.2) is 62.2 Å². The SMILES string of the molecule is O=C1CCN(S(=O)(=O)c2ccccc2)CCCN(C(=O)C2CC2)CCN1. The average Bonchev–Trinajstić information content (AvgIpc) is 3.47. The van der Waals surface area contributed by atoms with Gasteiger partial charge in [-0.25, -0.2) is 8.42 Å². The van der Waals surface area contributed by atoms with Gasteiger partial charge in [0.15, 0.2) is 0 Å². The summed E-state index contributed by atoms with van der Waals surface area (Å²) in [7, 11) is -3.66. The van der Waals surface area contributed by atoms with E-state index in [9.17, 15) is 18.0 Å². The van der Waals surface area contributed by atoms with Crippen molar-refractivity contribution in [3.05, 3.63) is 30.3 Å². The van der Waals surface area contributed by atoms with Crippen LogP contribution in [0.25, 0.3) is 0 Å². The second-order valence-corrected chi connectivity index (χ2v) is 8.71. The molecule has 0 radical (unpaired) electrons. The maximum absolute atomic E-state index is 12.9. The highest BCUT2D eigenvalue weighted by Crippen LogP contribution is 2.31. The highest BCUT2D eigenvalue weighted by molar-refractivity contribution is 7.89. The molecule has 0 unspecified atom stereocenters. The van der Waals surface area contributed by atoms with Crippen LogP contribution in [0.15, 0.2) is 35.2 Å². The molecule has 1 aliphatic heterocycles.